The first-order valence-corrected chi connectivity index (χ1v) is 4.75. The van der Waals surface area contributed by atoms with Gasteiger partial charge in [-0.05, 0) is 30.5 Å². The summed E-state index contributed by atoms with van der Waals surface area (Å²) in [4.78, 5) is 0. The molecule has 0 aliphatic carbocycles. The Hall–Kier alpha value is -1.28. The predicted octanol–water partition coefficient (Wildman–Crippen LogP) is 2.18. The van der Waals surface area contributed by atoms with E-state index in [-0.39, 0.29) is 6.61 Å². The van der Waals surface area contributed by atoms with Gasteiger partial charge in [0, 0.05) is 6.61 Å². The number of ether oxygens (including phenoxy) is 1. The van der Waals surface area contributed by atoms with Gasteiger partial charge in [-0.1, -0.05) is 24.3 Å². The monoisotopic (exact) mass is 192 g/mol. The Morgan fingerprint density at radius 1 is 1.36 bits per heavy atom. The van der Waals surface area contributed by atoms with Crippen LogP contribution >= 0.6 is 0 Å². The Balaban J connectivity index is 2.50. The van der Waals surface area contributed by atoms with Crippen LogP contribution in [0.5, 0.6) is 5.75 Å². The topological polar surface area (TPSA) is 29.5 Å². The van der Waals surface area contributed by atoms with Crippen LogP contribution in [-0.2, 0) is 6.42 Å². The van der Waals surface area contributed by atoms with E-state index in [1.807, 2.05) is 24.3 Å². The number of hydrogen-bond acceptors (Lipinski definition) is 2. The molecule has 0 atom stereocenters. The van der Waals surface area contributed by atoms with Gasteiger partial charge in [0.25, 0.3) is 0 Å². The van der Waals surface area contributed by atoms with Gasteiger partial charge in [-0.2, -0.15) is 0 Å². The van der Waals surface area contributed by atoms with Crippen molar-refractivity contribution in [1.82, 2.24) is 0 Å². The lowest BCUT2D eigenvalue weighted by atomic mass is 10.1. The van der Waals surface area contributed by atoms with Gasteiger partial charge in [-0.15, -0.1) is 0 Å². The zero-order valence-corrected chi connectivity index (χ0v) is 8.44. The summed E-state index contributed by atoms with van der Waals surface area (Å²) in [5, 5.41) is 8.57. The van der Waals surface area contributed by atoms with Crippen molar-refractivity contribution in [2.45, 2.75) is 12.8 Å². The first-order chi connectivity index (χ1) is 6.86. The van der Waals surface area contributed by atoms with E-state index in [1.165, 1.54) is 5.56 Å². The summed E-state index contributed by atoms with van der Waals surface area (Å²) in [5.41, 5.74) is 1.22. The van der Waals surface area contributed by atoms with Crippen molar-refractivity contribution in [3.8, 4) is 5.75 Å². The average Bonchev–Trinajstić information content (AvgIpc) is 2.25. The second kappa shape index (κ2) is 6.22. The van der Waals surface area contributed by atoms with Gasteiger partial charge >= 0.3 is 0 Å². The molecular formula is C12H16O2. The number of aliphatic hydroxyl groups excluding tert-OH is 1. The van der Waals surface area contributed by atoms with E-state index in [0.717, 1.165) is 18.6 Å². The molecule has 0 bridgehead atoms. The molecule has 76 valence electrons. The SMILES string of the molecule is COc1cccc(C/C=C\CCO)c1. The lowest BCUT2D eigenvalue weighted by Crippen LogP contribution is -1.85. The summed E-state index contributed by atoms with van der Waals surface area (Å²) in [7, 11) is 1.67. The fourth-order valence-electron chi connectivity index (χ4n) is 1.21. The number of rotatable bonds is 5. The van der Waals surface area contributed by atoms with Gasteiger partial charge in [0.1, 0.15) is 5.75 Å². The Labute approximate surface area is 84.8 Å². The number of allylic oxidation sites excluding steroid dienone is 1. The van der Waals surface area contributed by atoms with Crippen molar-refractivity contribution < 1.29 is 9.84 Å². The molecule has 0 aromatic heterocycles. The maximum absolute atomic E-state index is 8.57. The van der Waals surface area contributed by atoms with Crippen LogP contribution in [0.4, 0.5) is 0 Å². The largest absolute Gasteiger partial charge is 0.497 e. The lowest BCUT2D eigenvalue weighted by Gasteiger charge is -2.01. The molecule has 1 rings (SSSR count). The van der Waals surface area contributed by atoms with E-state index in [1.54, 1.807) is 7.11 Å². The molecule has 0 spiro atoms. The number of benzene rings is 1. The quantitative estimate of drug-likeness (QED) is 0.724. The molecule has 0 saturated carbocycles. The van der Waals surface area contributed by atoms with Gasteiger partial charge in [0.2, 0.25) is 0 Å². The van der Waals surface area contributed by atoms with Gasteiger partial charge < -0.3 is 9.84 Å². The first kappa shape index (κ1) is 10.8. The minimum absolute atomic E-state index is 0.217. The normalized spacial score (nSPS) is 10.7. The lowest BCUT2D eigenvalue weighted by molar-refractivity contribution is 0.302. The molecule has 0 unspecified atom stereocenters. The van der Waals surface area contributed by atoms with Crippen LogP contribution in [0.1, 0.15) is 12.0 Å². The molecule has 1 aromatic carbocycles. The van der Waals surface area contributed by atoms with Crippen LogP contribution in [0.15, 0.2) is 36.4 Å². The number of aliphatic hydroxyl groups is 1. The van der Waals surface area contributed by atoms with Crippen molar-refractivity contribution in [2.75, 3.05) is 13.7 Å². The van der Waals surface area contributed by atoms with Crippen molar-refractivity contribution in [3.63, 3.8) is 0 Å². The zero-order valence-electron chi connectivity index (χ0n) is 8.44. The summed E-state index contributed by atoms with van der Waals surface area (Å²) in [5.74, 6) is 0.887. The third kappa shape index (κ3) is 3.62. The highest BCUT2D eigenvalue weighted by atomic mass is 16.5. The fourth-order valence-corrected chi connectivity index (χ4v) is 1.21. The van der Waals surface area contributed by atoms with Crippen molar-refractivity contribution in [1.29, 1.82) is 0 Å². The van der Waals surface area contributed by atoms with E-state index < -0.39 is 0 Å². The third-order valence-electron chi connectivity index (χ3n) is 1.95. The first-order valence-electron chi connectivity index (χ1n) is 4.75. The molecule has 1 aromatic rings. The van der Waals surface area contributed by atoms with E-state index >= 15 is 0 Å². The molecule has 0 amide bonds. The highest BCUT2D eigenvalue weighted by Gasteiger charge is 1.92. The van der Waals surface area contributed by atoms with Crippen molar-refractivity contribution in [2.24, 2.45) is 0 Å². The zero-order chi connectivity index (χ0) is 10.2. The Bertz CT molecular complexity index is 292. The molecule has 0 aliphatic heterocycles. The van der Waals surface area contributed by atoms with Crippen LogP contribution in [-0.4, -0.2) is 18.8 Å². The number of methoxy groups -OCH3 is 1. The standard InChI is InChI=1S/C12H16O2/c1-14-12-8-5-7-11(10-12)6-3-2-4-9-13/h2-3,5,7-8,10,13H,4,6,9H2,1H3/b3-2-. The summed E-state index contributed by atoms with van der Waals surface area (Å²) in [6, 6.07) is 7.99. The molecule has 2 heteroatoms. The van der Waals surface area contributed by atoms with Gasteiger partial charge in [-0.3, -0.25) is 0 Å². The van der Waals surface area contributed by atoms with Crippen LogP contribution in [0.3, 0.4) is 0 Å². The van der Waals surface area contributed by atoms with E-state index in [9.17, 15) is 0 Å². The Morgan fingerprint density at radius 2 is 2.21 bits per heavy atom. The summed E-state index contributed by atoms with van der Waals surface area (Å²) < 4.78 is 5.12. The van der Waals surface area contributed by atoms with Crippen LogP contribution in [0.2, 0.25) is 0 Å². The minimum atomic E-state index is 0.217. The van der Waals surface area contributed by atoms with E-state index in [2.05, 4.69) is 12.1 Å². The van der Waals surface area contributed by atoms with Crippen molar-refractivity contribution in [3.05, 3.63) is 42.0 Å². The Morgan fingerprint density at radius 3 is 2.93 bits per heavy atom. The van der Waals surface area contributed by atoms with Crippen LogP contribution < -0.4 is 4.74 Å². The molecule has 14 heavy (non-hydrogen) atoms. The summed E-state index contributed by atoms with van der Waals surface area (Å²) in [6.45, 7) is 0.217. The molecule has 2 nitrogen and oxygen atoms in total. The van der Waals surface area contributed by atoms with E-state index in [4.69, 9.17) is 9.84 Å². The fraction of sp³-hybridized carbons (Fsp3) is 0.333. The predicted molar refractivity (Wildman–Crippen MR) is 57.5 cm³/mol. The Kier molecular flexibility index (Phi) is 4.79. The molecule has 0 fully saturated rings. The molecule has 0 aliphatic rings. The maximum Gasteiger partial charge on any atom is 0.119 e. The molecule has 1 N–H and O–H groups in total. The van der Waals surface area contributed by atoms with Crippen LogP contribution in [0, 0.1) is 0 Å². The molecular weight excluding hydrogens is 176 g/mol. The molecule has 0 radical (unpaired) electrons. The maximum atomic E-state index is 8.57. The smallest absolute Gasteiger partial charge is 0.119 e. The minimum Gasteiger partial charge on any atom is -0.497 e. The van der Waals surface area contributed by atoms with Crippen molar-refractivity contribution >= 4 is 0 Å². The van der Waals surface area contributed by atoms with E-state index in [0.29, 0.717) is 0 Å². The average molecular weight is 192 g/mol. The third-order valence-corrected chi connectivity index (χ3v) is 1.95. The second-order valence-electron chi connectivity index (χ2n) is 3.04. The highest BCUT2D eigenvalue weighted by molar-refractivity contribution is 5.29. The van der Waals surface area contributed by atoms with Gasteiger partial charge in [-0.25, -0.2) is 0 Å². The van der Waals surface area contributed by atoms with Crippen LogP contribution in [0.25, 0.3) is 0 Å². The van der Waals surface area contributed by atoms with Gasteiger partial charge in [0.15, 0.2) is 0 Å². The summed E-state index contributed by atoms with van der Waals surface area (Å²) >= 11 is 0. The molecule has 0 heterocycles. The highest BCUT2D eigenvalue weighted by Crippen LogP contribution is 2.13. The second-order valence-corrected chi connectivity index (χ2v) is 3.04. The number of hydrogen-bond donors (Lipinski definition) is 1. The molecule has 0 saturated heterocycles. The summed E-state index contributed by atoms with van der Waals surface area (Å²) in [6.07, 6.45) is 5.66. The van der Waals surface area contributed by atoms with Gasteiger partial charge in [0.05, 0.1) is 7.11 Å².